The van der Waals surface area contributed by atoms with Gasteiger partial charge in [-0.25, -0.2) is 4.79 Å². The fourth-order valence-corrected chi connectivity index (χ4v) is 3.01. The average Bonchev–Trinajstić information content (AvgIpc) is 2.54. The van der Waals surface area contributed by atoms with Crippen molar-refractivity contribution in [3.8, 4) is 0 Å². The number of carbonyl (C=O) groups is 1. The SMILES string of the molecule is Cc1cccc(C(=O)OO[C]2CCCCCCCCCCC2)c1. The van der Waals surface area contributed by atoms with Gasteiger partial charge >= 0.3 is 5.97 Å². The summed E-state index contributed by atoms with van der Waals surface area (Å²) in [7, 11) is 0. The Balaban J connectivity index is 1.79. The summed E-state index contributed by atoms with van der Waals surface area (Å²) >= 11 is 0. The molecule has 0 aliphatic heterocycles. The predicted molar refractivity (Wildman–Crippen MR) is 91.7 cm³/mol. The third-order valence-electron chi connectivity index (χ3n) is 4.40. The molecule has 23 heavy (non-hydrogen) atoms. The highest BCUT2D eigenvalue weighted by atomic mass is 17.2. The van der Waals surface area contributed by atoms with E-state index in [1.165, 1.54) is 44.9 Å². The molecule has 0 bridgehead atoms. The zero-order valence-corrected chi connectivity index (χ0v) is 14.3. The van der Waals surface area contributed by atoms with Crippen molar-refractivity contribution in [2.45, 2.75) is 77.6 Å². The standard InChI is InChI=1S/C20H29O3/c1-17-12-11-13-18(16-17)20(21)23-22-19-14-9-7-5-3-2-4-6-8-10-15-19/h11-13,16H,2-10,14-15H2,1H3. The molecule has 0 unspecified atom stereocenters. The van der Waals surface area contributed by atoms with Crippen LogP contribution in [0.4, 0.5) is 0 Å². The van der Waals surface area contributed by atoms with E-state index < -0.39 is 5.97 Å². The van der Waals surface area contributed by atoms with Crippen molar-refractivity contribution >= 4 is 5.97 Å². The average molecular weight is 317 g/mol. The van der Waals surface area contributed by atoms with Crippen LogP contribution in [0.3, 0.4) is 0 Å². The van der Waals surface area contributed by atoms with Crippen LogP contribution in [-0.2, 0) is 9.78 Å². The molecule has 0 aromatic heterocycles. The Morgan fingerprint density at radius 2 is 1.43 bits per heavy atom. The zero-order valence-electron chi connectivity index (χ0n) is 14.3. The van der Waals surface area contributed by atoms with Crippen molar-refractivity contribution in [2.24, 2.45) is 0 Å². The van der Waals surface area contributed by atoms with Gasteiger partial charge in [-0.1, -0.05) is 75.5 Å². The summed E-state index contributed by atoms with van der Waals surface area (Å²) in [4.78, 5) is 22.5. The Hall–Kier alpha value is -1.35. The molecule has 0 heterocycles. The van der Waals surface area contributed by atoms with Crippen molar-refractivity contribution in [1.29, 1.82) is 0 Å². The van der Waals surface area contributed by atoms with Gasteiger partial charge in [-0.2, -0.15) is 4.89 Å². The Kier molecular flexibility index (Phi) is 8.16. The molecule has 1 radical (unpaired) electrons. The summed E-state index contributed by atoms with van der Waals surface area (Å²) in [6.45, 7) is 1.96. The van der Waals surface area contributed by atoms with Crippen LogP contribution in [-0.4, -0.2) is 5.97 Å². The Morgan fingerprint density at radius 1 is 0.870 bits per heavy atom. The molecule has 127 valence electrons. The van der Waals surface area contributed by atoms with Crippen LogP contribution in [0.5, 0.6) is 0 Å². The van der Waals surface area contributed by atoms with Gasteiger partial charge in [0.2, 0.25) is 0 Å². The summed E-state index contributed by atoms with van der Waals surface area (Å²) in [5.41, 5.74) is 1.58. The normalized spacial score (nSPS) is 18.7. The summed E-state index contributed by atoms with van der Waals surface area (Å²) in [5, 5.41) is 0. The first-order valence-corrected chi connectivity index (χ1v) is 9.06. The number of hydrogen-bond acceptors (Lipinski definition) is 3. The minimum Gasteiger partial charge on any atom is -0.292 e. The Bertz CT molecular complexity index is 458. The molecule has 0 N–H and O–H groups in total. The fraction of sp³-hybridized carbons (Fsp3) is 0.600. The highest BCUT2D eigenvalue weighted by molar-refractivity contribution is 5.89. The van der Waals surface area contributed by atoms with Gasteiger partial charge in [-0.3, -0.25) is 4.89 Å². The summed E-state index contributed by atoms with van der Waals surface area (Å²) in [5.74, 6) is -0.410. The van der Waals surface area contributed by atoms with Crippen LogP contribution in [0.25, 0.3) is 0 Å². The lowest BCUT2D eigenvalue weighted by Crippen LogP contribution is -2.11. The van der Waals surface area contributed by atoms with Gasteiger partial charge in [0.25, 0.3) is 0 Å². The lowest BCUT2D eigenvalue weighted by atomic mass is 9.99. The van der Waals surface area contributed by atoms with Crippen LogP contribution >= 0.6 is 0 Å². The second kappa shape index (κ2) is 10.4. The fourth-order valence-electron chi connectivity index (χ4n) is 3.01. The first kappa shape index (κ1) is 18.0. The maximum absolute atomic E-state index is 12.1. The molecule has 3 nitrogen and oxygen atoms in total. The zero-order chi connectivity index (χ0) is 16.3. The van der Waals surface area contributed by atoms with E-state index in [2.05, 4.69) is 0 Å². The van der Waals surface area contributed by atoms with Crippen LogP contribution in [0.15, 0.2) is 24.3 Å². The van der Waals surface area contributed by atoms with E-state index in [0.29, 0.717) is 5.56 Å². The number of benzene rings is 1. The predicted octanol–water partition coefficient (Wildman–Crippen LogP) is 5.92. The second-order valence-corrected chi connectivity index (χ2v) is 6.54. The minimum atomic E-state index is -0.410. The number of aryl methyl sites for hydroxylation is 1. The molecular formula is C20H29O3. The second-order valence-electron chi connectivity index (χ2n) is 6.54. The van der Waals surface area contributed by atoms with Crippen molar-refractivity contribution in [1.82, 2.24) is 0 Å². The van der Waals surface area contributed by atoms with E-state index in [4.69, 9.17) is 9.78 Å². The molecule has 1 saturated carbocycles. The molecule has 0 atom stereocenters. The summed E-state index contributed by atoms with van der Waals surface area (Å²) in [6.07, 6.45) is 14.1. The molecule has 0 spiro atoms. The largest absolute Gasteiger partial charge is 0.373 e. The molecule has 0 amide bonds. The van der Waals surface area contributed by atoms with Gasteiger partial charge < -0.3 is 0 Å². The van der Waals surface area contributed by atoms with Gasteiger partial charge in [0.1, 0.15) is 6.10 Å². The smallest absolute Gasteiger partial charge is 0.292 e. The van der Waals surface area contributed by atoms with E-state index in [9.17, 15) is 4.79 Å². The van der Waals surface area contributed by atoms with Crippen molar-refractivity contribution in [3.05, 3.63) is 41.5 Å². The topological polar surface area (TPSA) is 35.5 Å². The summed E-state index contributed by atoms with van der Waals surface area (Å²) < 4.78 is 0. The van der Waals surface area contributed by atoms with Crippen LogP contribution in [0.1, 0.15) is 86.6 Å². The molecule has 1 aromatic rings. The maximum atomic E-state index is 12.1. The van der Waals surface area contributed by atoms with Crippen LogP contribution in [0, 0.1) is 13.0 Å². The first-order valence-electron chi connectivity index (χ1n) is 9.06. The Morgan fingerprint density at radius 3 is 2.00 bits per heavy atom. The monoisotopic (exact) mass is 317 g/mol. The van der Waals surface area contributed by atoms with Gasteiger partial charge in [-0.05, 0) is 31.9 Å². The lowest BCUT2D eigenvalue weighted by Gasteiger charge is -2.16. The molecule has 1 fully saturated rings. The van der Waals surface area contributed by atoms with Crippen molar-refractivity contribution < 1.29 is 14.6 Å². The van der Waals surface area contributed by atoms with Crippen molar-refractivity contribution in [2.75, 3.05) is 0 Å². The molecule has 1 aliphatic carbocycles. The van der Waals surface area contributed by atoms with E-state index >= 15 is 0 Å². The van der Waals surface area contributed by atoms with E-state index in [0.717, 1.165) is 37.4 Å². The lowest BCUT2D eigenvalue weighted by molar-refractivity contribution is -0.237. The van der Waals surface area contributed by atoms with E-state index in [1.54, 1.807) is 6.07 Å². The summed E-state index contributed by atoms with van der Waals surface area (Å²) in [6, 6.07) is 7.38. The van der Waals surface area contributed by atoms with Crippen LogP contribution < -0.4 is 0 Å². The maximum Gasteiger partial charge on any atom is 0.373 e. The molecule has 3 heteroatoms. The van der Waals surface area contributed by atoms with Crippen LogP contribution in [0.2, 0.25) is 0 Å². The Labute approximate surface area is 140 Å². The van der Waals surface area contributed by atoms with E-state index in [1.807, 2.05) is 25.1 Å². The minimum absolute atomic E-state index is 0.410. The van der Waals surface area contributed by atoms with Crippen molar-refractivity contribution in [3.63, 3.8) is 0 Å². The molecule has 2 rings (SSSR count). The third kappa shape index (κ3) is 7.17. The van der Waals surface area contributed by atoms with Gasteiger partial charge in [-0.15, -0.1) is 0 Å². The molecule has 0 saturated heterocycles. The molecule has 1 aromatic carbocycles. The number of hydrogen-bond donors (Lipinski definition) is 0. The molecular weight excluding hydrogens is 288 g/mol. The van der Waals surface area contributed by atoms with Gasteiger partial charge in [0.15, 0.2) is 0 Å². The van der Waals surface area contributed by atoms with Gasteiger partial charge in [0.05, 0.1) is 5.56 Å². The van der Waals surface area contributed by atoms with E-state index in [-0.39, 0.29) is 0 Å². The number of carbonyl (C=O) groups excluding carboxylic acids is 1. The third-order valence-corrected chi connectivity index (χ3v) is 4.40. The highest BCUT2D eigenvalue weighted by Crippen LogP contribution is 2.24. The number of rotatable bonds is 3. The quantitative estimate of drug-likeness (QED) is 0.512. The van der Waals surface area contributed by atoms with Gasteiger partial charge in [0, 0.05) is 0 Å². The first-order chi connectivity index (χ1) is 11.3. The molecule has 1 aliphatic rings. The highest BCUT2D eigenvalue weighted by Gasteiger charge is 2.16.